The summed E-state index contributed by atoms with van der Waals surface area (Å²) < 4.78 is 3.86. The summed E-state index contributed by atoms with van der Waals surface area (Å²) in [6.07, 6.45) is 3.98. The van der Waals surface area contributed by atoms with E-state index in [1.807, 2.05) is 48.6 Å². The zero-order valence-electron chi connectivity index (χ0n) is 15.1. The van der Waals surface area contributed by atoms with E-state index in [2.05, 4.69) is 27.6 Å². The third kappa shape index (κ3) is 3.90. The molecule has 2 aromatic heterocycles. The zero-order chi connectivity index (χ0) is 17.8. The van der Waals surface area contributed by atoms with E-state index >= 15 is 0 Å². The molecule has 2 heterocycles. The van der Waals surface area contributed by atoms with Gasteiger partial charge in [-0.2, -0.15) is 10.2 Å². The lowest BCUT2D eigenvalue weighted by Crippen LogP contribution is -2.25. The standard InChI is InChI=1S/C19H25N5O/c1-14-17(15(2)23(3)22-14)9-10-19(25)20-11-6-12-24-18-8-5-4-7-16(18)13-21-24/h4-5,7-8,13H,6,9-12H2,1-3H3,(H,20,25). The monoisotopic (exact) mass is 339 g/mol. The number of carbonyl (C=O) groups is 1. The second-order valence-electron chi connectivity index (χ2n) is 6.40. The molecule has 0 bridgehead atoms. The molecule has 0 saturated carbocycles. The molecule has 0 aliphatic carbocycles. The number of aryl methyl sites for hydroxylation is 3. The SMILES string of the molecule is Cc1nn(C)c(C)c1CCC(=O)NCCCn1ncc2ccccc21. The fourth-order valence-electron chi connectivity index (χ4n) is 3.17. The summed E-state index contributed by atoms with van der Waals surface area (Å²) in [6, 6.07) is 8.16. The number of amides is 1. The molecule has 6 heteroatoms. The summed E-state index contributed by atoms with van der Waals surface area (Å²) in [5, 5.41) is 12.9. The van der Waals surface area contributed by atoms with Gasteiger partial charge >= 0.3 is 0 Å². The zero-order valence-corrected chi connectivity index (χ0v) is 15.1. The predicted molar refractivity (Wildman–Crippen MR) is 98.4 cm³/mol. The molecule has 1 aromatic carbocycles. The number of fused-ring (bicyclic) bond motifs is 1. The first kappa shape index (κ1) is 17.2. The minimum atomic E-state index is 0.0907. The van der Waals surface area contributed by atoms with Crippen LogP contribution in [0.4, 0.5) is 0 Å². The third-order valence-corrected chi connectivity index (χ3v) is 4.68. The smallest absolute Gasteiger partial charge is 0.220 e. The summed E-state index contributed by atoms with van der Waals surface area (Å²) in [6.45, 7) is 5.50. The molecule has 0 spiro atoms. The van der Waals surface area contributed by atoms with Crippen molar-refractivity contribution in [2.45, 2.75) is 39.7 Å². The maximum absolute atomic E-state index is 12.1. The van der Waals surface area contributed by atoms with E-state index in [4.69, 9.17) is 0 Å². The number of nitrogens with one attached hydrogen (secondary N) is 1. The first-order valence-electron chi connectivity index (χ1n) is 8.72. The largest absolute Gasteiger partial charge is 0.356 e. The second-order valence-corrected chi connectivity index (χ2v) is 6.40. The van der Waals surface area contributed by atoms with E-state index < -0.39 is 0 Å². The first-order valence-corrected chi connectivity index (χ1v) is 8.72. The Labute approximate surface area is 147 Å². The van der Waals surface area contributed by atoms with Crippen LogP contribution in [0.25, 0.3) is 10.9 Å². The van der Waals surface area contributed by atoms with Crippen LogP contribution in [-0.4, -0.2) is 32.0 Å². The van der Waals surface area contributed by atoms with Crippen molar-refractivity contribution < 1.29 is 4.79 Å². The molecular formula is C19H25N5O. The van der Waals surface area contributed by atoms with Gasteiger partial charge in [0.2, 0.25) is 5.91 Å². The first-order chi connectivity index (χ1) is 12.1. The Morgan fingerprint density at radius 3 is 2.80 bits per heavy atom. The van der Waals surface area contributed by atoms with Gasteiger partial charge in [0.1, 0.15) is 0 Å². The number of nitrogens with zero attached hydrogens (tertiary/aromatic N) is 4. The van der Waals surface area contributed by atoms with Crippen LogP contribution in [0.2, 0.25) is 0 Å². The number of hydrogen-bond donors (Lipinski definition) is 1. The molecule has 0 aliphatic rings. The quantitative estimate of drug-likeness (QED) is 0.673. The Balaban J connectivity index is 1.42. The fourth-order valence-corrected chi connectivity index (χ4v) is 3.17. The molecular weight excluding hydrogens is 314 g/mol. The van der Waals surface area contributed by atoms with Crippen molar-refractivity contribution in [3.8, 4) is 0 Å². The number of aromatic nitrogens is 4. The summed E-state index contributed by atoms with van der Waals surface area (Å²) >= 11 is 0. The summed E-state index contributed by atoms with van der Waals surface area (Å²) in [5.74, 6) is 0.0907. The van der Waals surface area contributed by atoms with Gasteiger partial charge in [0.15, 0.2) is 0 Å². The second kappa shape index (κ2) is 7.51. The summed E-state index contributed by atoms with van der Waals surface area (Å²) in [4.78, 5) is 12.1. The van der Waals surface area contributed by atoms with Crippen molar-refractivity contribution >= 4 is 16.8 Å². The Morgan fingerprint density at radius 2 is 2.04 bits per heavy atom. The highest BCUT2D eigenvalue weighted by molar-refractivity contribution is 5.78. The molecule has 0 radical (unpaired) electrons. The minimum absolute atomic E-state index is 0.0907. The molecule has 3 aromatic rings. The molecule has 0 fully saturated rings. The van der Waals surface area contributed by atoms with E-state index in [0.717, 1.165) is 41.7 Å². The Bertz CT molecular complexity index is 877. The van der Waals surface area contributed by atoms with Gasteiger partial charge < -0.3 is 5.32 Å². The van der Waals surface area contributed by atoms with Gasteiger partial charge in [0.25, 0.3) is 0 Å². The molecule has 1 amide bonds. The lowest BCUT2D eigenvalue weighted by molar-refractivity contribution is -0.121. The van der Waals surface area contributed by atoms with Gasteiger partial charge in [0, 0.05) is 37.6 Å². The molecule has 6 nitrogen and oxygen atoms in total. The van der Waals surface area contributed by atoms with Gasteiger partial charge in [-0.15, -0.1) is 0 Å². The van der Waals surface area contributed by atoms with Crippen LogP contribution in [0, 0.1) is 13.8 Å². The van der Waals surface area contributed by atoms with Crippen LogP contribution in [0.15, 0.2) is 30.5 Å². The molecule has 0 saturated heterocycles. The molecule has 0 aliphatic heterocycles. The van der Waals surface area contributed by atoms with Gasteiger partial charge in [-0.3, -0.25) is 14.2 Å². The molecule has 132 valence electrons. The van der Waals surface area contributed by atoms with Crippen molar-refractivity contribution in [1.82, 2.24) is 24.9 Å². The topological polar surface area (TPSA) is 64.7 Å². The minimum Gasteiger partial charge on any atom is -0.356 e. The average molecular weight is 339 g/mol. The van der Waals surface area contributed by atoms with Crippen molar-refractivity contribution in [3.05, 3.63) is 47.4 Å². The van der Waals surface area contributed by atoms with E-state index in [0.29, 0.717) is 13.0 Å². The van der Waals surface area contributed by atoms with Crippen LogP contribution in [0.5, 0.6) is 0 Å². The highest BCUT2D eigenvalue weighted by atomic mass is 16.1. The van der Waals surface area contributed by atoms with Crippen LogP contribution in [0.1, 0.15) is 29.8 Å². The van der Waals surface area contributed by atoms with Crippen molar-refractivity contribution in [1.29, 1.82) is 0 Å². The van der Waals surface area contributed by atoms with E-state index in [1.54, 1.807) is 0 Å². The highest BCUT2D eigenvalue weighted by Gasteiger charge is 2.11. The van der Waals surface area contributed by atoms with Crippen molar-refractivity contribution in [2.24, 2.45) is 7.05 Å². The van der Waals surface area contributed by atoms with Gasteiger partial charge in [0.05, 0.1) is 17.4 Å². The Hall–Kier alpha value is -2.63. The lowest BCUT2D eigenvalue weighted by atomic mass is 10.1. The number of hydrogen-bond acceptors (Lipinski definition) is 3. The molecule has 0 unspecified atom stereocenters. The Kier molecular flexibility index (Phi) is 5.16. The van der Waals surface area contributed by atoms with Crippen LogP contribution >= 0.6 is 0 Å². The molecule has 1 N–H and O–H groups in total. The van der Waals surface area contributed by atoms with E-state index in [1.165, 1.54) is 5.56 Å². The normalized spacial score (nSPS) is 11.2. The van der Waals surface area contributed by atoms with Gasteiger partial charge in [-0.25, -0.2) is 0 Å². The van der Waals surface area contributed by atoms with E-state index in [9.17, 15) is 4.79 Å². The number of carbonyl (C=O) groups excluding carboxylic acids is 1. The maximum atomic E-state index is 12.1. The fraction of sp³-hybridized carbons (Fsp3) is 0.421. The average Bonchev–Trinajstić information content (AvgIpc) is 3.11. The predicted octanol–water partition coefficient (Wildman–Crippen LogP) is 2.53. The summed E-state index contributed by atoms with van der Waals surface area (Å²) in [5.41, 5.74) is 4.46. The number of rotatable bonds is 7. The van der Waals surface area contributed by atoms with Crippen LogP contribution in [-0.2, 0) is 24.8 Å². The van der Waals surface area contributed by atoms with Crippen molar-refractivity contribution in [2.75, 3.05) is 6.54 Å². The lowest BCUT2D eigenvalue weighted by Gasteiger charge is -2.07. The maximum Gasteiger partial charge on any atom is 0.220 e. The molecule has 3 rings (SSSR count). The van der Waals surface area contributed by atoms with Gasteiger partial charge in [-0.05, 0) is 38.3 Å². The van der Waals surface area contributed by atoms with Gasteiger partial charge in [-0.1, -0.05) is 18.2 Å². The van der Waals surface area contributed by atoms with Crippen LogP contribution < -0.4 is 5.32 Å². The van der Waals surface area contributed by atoms with Crippen LogP contribution in [0.3, 0.4) is 0 Å². The summed E-state index contributed by atoms with van der Waals surface area (Å²) in [7, 11) is 1.94. The van der Waals surface area contributed by atoms with Crippen molar-refractivity contribution in [3.63, 3.8) is 0 Å². The molecule has 0 atom stereocenters. The number of para-hydroxylation sites is 1. The molecule has 25 heavy (non-hydrogen) atoms. The number of benzene rings is 1. The third-order valence-electron chi connectivity index (χ3n) is 4.68. The Morgan fingerprint density at radius 1 is 1.24 bits per heavy atom. The highest BCUT2D eigenvalue weighted by Crippen LogP contribution is 2.14. The van der Waals surface area contributed by atoms with E-state index in [-0.39, 0.29) is 5.91 Å².